The highest BCUT2D eigenvalue weighted by atomic mass is 16.5. The summed E-state index contributed by atoms with van der Waals surface area (Å²) in [6, 6.07) is 5.88. The fourth-order valence-electron chi connectivity index (χ4n) is 2.44. The number of aryl methyl sites for hydroxylation is 1. The second kappa shape index (κ2) is 7.98. The molecule has 0 aliphatic rings. The van der Waals surface area contributed by atoms with Gasteiger partial charge in [-0.05, 0) is 38.8 Å². The predicted octanol–water partition coefficient (Wildman–Crippen LogP) is 4.79. The largest absolute Gasteiger partial charge is 0.493 e. The number of Topliss-reactive ketones (excluding diaryl/α,β-unsaturated/α-hetero) is 1. The minimum atomic E-state index is 0.135. The van der Waals surface area contributed by atoms with E-state index in [4.69, 9.17) is 4.74 Å². The van der Waals surface area contributed by atoms with Crippen molar-refractivity contribution in [2.75, 3.05) is 6.61 Å². The molecule has 0 amide bonds. The van der Waals surface area contributed by atoms with Gasteiger partial charge in [-0.25, -0.2) is 0 Å². The van der Waals surface area contributed by atoms with E-state index >= 15 is 0 Å². The maximum atomic E-state index is 12.7. The number of rotatable bonds is 8. The number of ether oxygens (including phenoxy) is 1. The maximum Gasteiger partial charge on any atom is 0.169 e. The van der Waals surface area contributed by atoms with E-state index in [1.165, 1.54) is 0 Å². The number of hydrogen-bond donors (Lipinski definition) is 0. The van der Waals surface area contributed by atoms with Crippen LogP contribution in [0.3, 0.4) is 0 Å². The molecule has 0 saturated carbocycles. The molecule has 0 radical (unpaired) electrons. The summed E-state index contributed by atoms with van der Waals surface area (Å²) in [7, 11) is 0. The third kappa shape index (κ3) is 4.38. The van der Waals surface area contributed by atoms with Crippen LogP contribution in [0, 0.1) is 12.8 Å². The molecule has 0 aliphatic heterocycles. The highest BCUT2D eigenvalue weighted by Gasteiger charge is 2.21. The number of ketones is 1. The fraction of sp³-hybridized carbons (Fsp3) is 0.588. The van der Waals surface area contributed by atoms with Crippen molar-refractivity contribution in [3.05, 3.63) is 29.3 Å². The molecule has 0 aliphatic carbocycles. The second-order valence-corrected chi connectivity index (χ2v) is 5.07. The van der Waals surface area contributed by atoms with Crippen LogP contribution >= 0.6 is 0 Å². The van der Waals surface area contributed by atoms with Gasteiger partial charge in [0.1, 0.15) is 5.75 Å². The summed E-state index contributed by atoms with van der Waals surface area (Å²) in [6.07, 6.45) is 4.02. The van der Waals surface area contributed by atoms with E-state index in [1.807, 2.05) is 32.0 Å². The Kier molecular flexibility index (Phi) is 6.61. The Morgan fingerprint density at radius 3 is 2.32 bits per heavy atom. The highest BCUT2D eigenvalue weighted by molar-refractivity contribution is 6.00. The van der Waals surface area contributed by atoms with Crippen molar-refractivity contribution in [2.24, 2.45) is 5.92 Å². The van der Waals surface area contributed by atoms with E-state index < -0.39 is 0 Å². The van der Waals surface area contributed by atoms with Gasteiger partial charge in [-0.3, -0.25) is 4.79 Å². The Morgan fingerprint density at radius 1 is 1.16 bits per heavy atom. The summed E-state index contributed by atoms with van der Waals surface area (Å²) in [4.78, 5) is 12.7. The minimum Gasteiger partial charge on any atom is -0.493 e. The van der Waals surface area contributed by atoms with Gasteiger partial charge in [0, 0.05) is 5.92 Å². The molecular formula is C17H26O2. The van der Waals surface area contributed by atoms with Gasteiger partial charge in [-0.1, -0.05) is 38.3 Å². The summed E-state index contributed by atoms with van der Waals surface area (Å²) >= 11 is 0. The van der Waals surface area contributed by atoms with Gasteiger partial charge in [-0.2, -0.15) is 0 Å². The number of carbonyl (C=O) groups is 1. The molecule has 0 unspecified atom stereocenters. The fourth-order valence-corrected chi connectivity index (χ4v) is 2.44. The molecule has 1 rings (SSSR count). The molecule has 0 N–H and O–H groups in total. The molecule has 106 valence electrons. The van der Waals surface area contributed by atoms with Crippen LogP contribution in [0.25, 0.3) is 0 Å². The van der Waals surface area contributed by atoms with E-state index in [9.17, 15) is 4.79 Å². The third-order valence-electron chi connectivity index (χ3n) is 3.35. The van der Waals surface area contributed by atoms with E-state index in [2.05, 4.69) is 13.8 Å². The first kappa shape index (κ1) is 15.7. The van der Waals surface area contributed by atoms with Gasteiger partial charge in [0.15, 0.2) is 5.78 Å². The molecule has 0 heterocycles. The van der Waals surface area contributed by atoms with Gasteiger partial charge in [0.2, 0.25) is 0 Å². The van der Waals surface area contributed by atoms with Crippen molar-refractivity contribution in [1.82, 2.24) is 0 Å². The summed E-state index contributed by atoms with van der Waals surface area (Å²) in [5, 5.41) is 0. The van der Waals surface area contributed by atoms with Crippen molar-refractivity contribution < 1.29 is 9.53 Å². The van der Waals surface area contributed by atoms with Crippen LogP contribution in [0.15, 0.2) is 18.2 Å². The Morgan fingerprint density at radius 2 is 1.79 bits per heavy atom. The SMILES string of the molecule is CCCC(CCC)C(=O)c1cc(C)ccc1OCC. The van der Waals surface area contributed by atoms with Crippen LogP contribution in [0.1, 0.15) is 62.4 Å². The molecule has 0 fully saturated rings. The Labute approximate surface area is 117 Å². The average molecular weight is 262 g/mol. The van der Waals surface area contributed by atoms with Crippen molar-refractivity contribution >= 4 is 5.78 Å². The quantitative estimate of drug-likeness (QED) is 0.629. The lowest BCUT2D eigenvalue weighted by atomic mass is 9.89. The van der Waals surface area contributed by atoms with E-state index in [1.54, 1.807) is 0 Å². The number of carbonyl (C=O) groups excluding carboxylic acids is 1. The van der Waals surface area contributed by atoms with Crippen LogP contribution in [0.2, 0.25) is 0 Å². The third-order valence-corrected chi connectivity index (χ3v) is 3.35. The van der Waals surface area contributed by atoms with Gasteiger partial charge < -0.3 is 4.74 Å². The molecule has 0 bridgehead atoms. The maximum absolute atomic E-state index is 12.7. The first-order valence-corrected chi connectivity index (χ1v) is 7.41. The lowest BCUT2D eigenvalue weighted by Gasteiger charge is -2.17. The Balaban J connectivity index is 3.03. The van der Waals surface area contributed by atoms with Crippen LogP contribution < -0.4 is 4.74 Å². The molecule has 0 spiro atoms. The van der Waals surface area contributed by atoms with Gasteiger partial charge in [-0.15, -0.1) is 0 Å². The normalized spacial score (nSPS) is 10.8. The first-order chi connectivity index (χ1) is 9.13. The summed E-state index contributed by atoms with van der Waals surface area (Å²) < 4.78 is 5.60. The van der Waals surface area contributed by atoms with Crippen molar-refractivity contribution in [3.8, 4) is 5.75 Å². The zero-order valence-corrected chi connectivity index (χ0v) is 12.7. The molecule has 19 heavy (non-hydrogen) atoms. The molecule has 0 atom stereocenters. The standard InChI is InChI=1S/C17H26O2/c1-5-8-14(9-6-2)17(18)15-12-13(4)10-11-16(15)19-7-3/h10-12,14H,5-9H2,1-4H3. The van der Waals surface area contributed by atoms with Crippen LogP contribution in [0.4, 0.5) is 0 Å². The Bertz CT molecular complexity index is 404. The molecule has 0 aromatic heterocycles. The van der Waals surface area contributed by atoms with E-state index in [-0.39, 0.29) is 11.7 Å². The molecule has 0 saturated heterocycles. The summed E-state index contributed by atoms with van der Waals surface area (Å²) in [5.41, 5.74) is 1.87. The van der Waals surface area contributed by atoms with Crippen LogP contribution in [0.5, 0.6) is 5.75 Å². The lowest BCUT2D eigenvalue weighted by molar-refractivity contribution is 0.0901. The zero-order valence-electron chi connectivity index (χ0n) is 12.7. The van der Waals surface area contributed by atoms with E-state index in [0.717, 1.165) is 42.6 Å². The summed E-state index contributed by atoms with van der Waals surface area (Å²) in [6.45, 7) is 8.83. The molecule has 1 aromatic rings. The predicted molar refractivity (Wildman–Crippen MR) is 80.0 cm³/mol. The minimum absolute atomic E-state index is 0.135. The Hall–Kier alpha value is -1.31. The van der Waals surface area contributed by atoms with Gasteiger partial charge in [0.05, 0.1) is 12.2 Å². The average Bonchev–Trinajstić information content (AvgIpc) is 2.40. The number of benzene rings is 1. The van der Waals surface area contributed by atoms with Crippen LogP contribution in [-0.4, -0.2) is 12.4 Å². The zero-order chi connectivity index (χ0) is 14.3. The number of hydrogen-bond acceptors (Lipinski definition) is 2. The van der Waals surface area contributed by atoms with Crippen LogP contribution in [-0.2, 0) is 0 Å². The lowest BCUT2D eigenvalue weighted by Crippen LogP contribution is -2.16. The van der Waals surface area contributed by atoms with E-state index in [0.29, 0.717) is 6.61 Å². The monoisotopic (exact) mass is 262 g/mol. The van der Waals surface area contributed by atoms with Crippen molar-refractivity contribution in [2.45, 2.75) is 53.4 Å². The molecule has 1 aromatic carbocycles. The first-order valence-electron chi connectivity index (χ1n) is 7.41. The van der Waals surface area contributed by atoms with Gasteiger partial charge >= 0.3 is 0 Å². The molecule has 2 heteroatoms. The summed E-state index contributed by atoms with van der Waals surface area (Å²) in [5.74, 6) is 1.11. The van der Waals surface area contributed by atoms with Crippen molar-refractivity contribution in [3.63, 3.8) is 0 Å². The molecular weight excluding hydrogens is 236 g/mol. The van der Waals surface area contributed by atoms with Crippen molar-refractivity contribution in [1.29, 1.82) is 0 Å². The molecule has 2 nitrogen and oxygen atoms in total. The smallest absolute Gasteiger partial charge is 0.169 e. The topological polar surface area (TPSA) is 26.3 Å². The second-order valence-electron chi connectivity index (χ2n) is 5.07. The highest BCUT2D eigenvalue weighted by Crippen LogP contribution is 2.27. The van der Waals surface area contributed by atoms with Gasteiger partial charge in [0.25, 0.3) is 0 Å².